The minimum Gasteiger partial charge on any atom is -0.481 e. The van der Waals surface area contributed by atoms with Crippen LogP contribution in [0.25, 0.3) is 11.1 Å². The van der Waals surface area contributed by atoms with Gasteiger partial charge in [-0.1, -0.05) is 35.9 Å². The normalized spacial score (nSPS) is 23.4. The molecule has 5 aliphatic rings. The van der Waals surface area contributed by atoms with Gasteiger partial charge in [0.25, 0.3) is 11.8 Å². The van der Waals surface area contributed by atoms with Crippen molar-refractivity contribution in [3.8, 4) is 11.1 Å². The number of aliphatic carboxylic acids is 1. The summed E-state index contributed by atoms with van der Waals surface area (Å²) in [4.78, 5) is 54.1. The molecular formula is C44H53ClN8O5. The van der Waals surface area contributed by atoms with Crippen molar-refractivity contribution in [1.29, 1.82) is 0 Å². The second-order valence-electron chi connectivity index (χ2n) is 17.4. The van der Waals surface area contributed by atoms with E-state index in [4.69, 9.17) is 26.3 Å². The minimum absolute atomic E-state index is 0.142. The molecule has 2 aromatic carbocycles. The van der Waals surface area contributed by atoms with Crippen LogP contribution in [0.4, 0.5) is 11.4 Å². The van der Waals surface area contributed by atoms with Crippen LogP contribution in [0, 0.1) is 17.8 Å². The Kier molecular flexibility index (Phi) is 10.2. The second-order valence-corrected chi connectivity index (χ2v) is 17.8. The number of carbonyl (C=O) groups is 3. The Labute approximate surface area is 344 Å². The predicted octanol–water partition coefficient (Wildman–Crippen LogP) is 6.61. The van der Waals surface area contributed by atoms with Crippen LogP contribution in [0.3, 0.4) is 0 Å². The van der Waals surface area contributed by atoms with Gasteiger partial charge in [0, 0.05) is 95.0 Å². The van der Waals surface area contributed by atoms with Crippen LogP contribution >= 0.6 is 11.6 Å². The van der Waals surface area contributed by atoms with Crippen LogP contribution in [0.15, 0.2) is 36.4 Å². The summed E-state index contributed by atoms with van der Waals surface area (Å²) >= 11 is 7.06. The fourth-order valence-electron chi connectivity index (χ4n) is 10.7. The average molecular weight is 809 g/mol. The van der Waals surface area contributed by atoms with Gasteiger partial charge in [-0.3, -0.25) is 24.2 Å². The van der Waals surface area contributed by atoms with Crippen LogP contribution in [0.2, 0.25) is 5.02 Å². The molecule has 58 heavy (non-hydrogen) atoms. The summed E-state index contributed by atoms with van der Waals surface area (Å²) in [6, 6.07) is 11.8. The first kappa shape index (κ1) is 38.9. The third kappa shape index (κ3) is 6.93. The Morgan fingerprint density at radius 3 is 2.10 bits per heavy atom. The number of amides is 2. The predicted molar refractivity (Wildman–Crippen MR) is 221 cm³/mol. The van der Waals surface area contributed by atoms with Crippen molar-refractivity contribution in [2.45, 2.75) is 90.3 Å². The molecule has 9 rings (SSSR count). The number of aromatic nitrogens is 4. The number of carboxylic acid groups (broad SMARTS) is 1. The van der Waals surface area contributed by atoms with Crippen molar-refractivity contribution >= 4 is 40.8 Å². The monoisotopic (exact) mass is 808 g/mol. The minimum atomic E-state index is -0.621. The smallest absolute Gasteiger partial charge is 0.309 e. The highest BCUT2D eigenvalue weighted by atomic mass is 35.5. The first-order valence-electron chi connectivity index (χ1n) is 20.8. The molecule has 2 amide bonds. The zero-order valence-corrected chi connectivity index (χ0v) is 34.5. The molecule has 3 aliphatic heterocycles. The van der Waals surface area contributed by atoms with E-state index in [1.807, 2.05) is 60.5 Å². The molecule has 3 N–H and O–H groups in total. The fourth-order valence-corrected chi connectivity index (χ4v) is 11.0. The zero-order chi connectivity index (χ0) is 40.3. The maximum atomic E-state index is 13.8. The van der Waals surface area contributed by atoms with Crippen molar-refractivity contribution in [3.63, 3.8) is 0 Å². The number of hydrogen-bond acceptors (Lipinski definition) is 8. The van der Waals surface area contributed by atoms with Gasteiger partial charge in [-0.05, 0) is 93.5 Å². The van der Waals surface area contributed by atoms with Gasteiger partial charge in [0.05, 0.1) is 27.5 Å². The largest absolute Gasteiger partial charge is 0.481 e. The second kappa shape index (κ2) is 15.2. The van der Waals surface area contributed by atoms with Crippen molar-refractivity contribution in [2.75, 3.05) is 43.5 Å². The van der Waals surface area contributed by atoms with Gasteiger partial charge in [-0.25, -0.2) is 9.97 Å². The number of carboxylic acids is 1. The number of nitrogens with zero attached hydrogens (tertiary/aromatic N) is 6. The lowest BCUT2D eigenvalue weighted by Crippen LogP contribution is -2.42. The summed E-state index contributed by atoms with van der Waals surface area (Å²) in [5, 5.41) is 16.4. The topological polar surface area (TPSA) is 147 Å². The third-order valence-electron chi connectivity index (χ3n) is 14.2. The molecule has 14 heteroatoms. The molecule has 0 radical (unpaired) electrons. The number of imidazole rings is 2. The SMILES string of the molecule is Cc1c(NC(=O)c2nc3c(n2C)CCN(C2CCOCC2)C3)cccc1-c1cccc(NC(=O)c2nc3c(n2C)CCN(CCC24CCC(C(=O)O)(CC2)C4)C3)c1Cl. The van der Waals surface area contributed by atoms with E-state index in [9.17, 15) is 19.5 Å². The molecule has 13 nitrogen and oxygen atoms in total. The molecule has 306 valence electrons. The van der Waals surface area contributed by atoms with Crippen molar-refractivity contribution in [1.82, 2.24) is 28.9 Å². The van der Waals surface area contributed by atoms with Gasteiger partial charge in [-0.2, -0.15) is 0 Å². The Hall–Kier alpha value is -4.56. The van der Waals surface area contributed by atoms with E-state index in [1.165, 1.54) is 0 Å². The molecule has 5 heterocycles. The van der Waals surface area contributed by atoms with E-state index in [1.54, 1.807) is 6.07 Å². The molecule has 0 atom stereocenters. The standard InChI is InChI=1S/C44H53ClN8O5/c1-27-29(6-4-8-31(27)48-40(54)38-47-34-25-53(20-11-36(34)51(38)3)28-12-22-58-23-13-28)30-7-5-9-32(37(30)45)49-41(55)39-46-33-24-52(19-10-35(33)50(39)2)21-18-43-14-16-44(26-43,17-15-43)42(56)57/h4-9,28H,10-26H2,1-3H3,(H,48,54)(H,49,55)(H,56,57). The van der Waals surface area contributed by atoms with Gasteiger partial charge in [0.15, 0.2) is 11.6 Å². The van der Waals surface area contributed by atoms with Gasteiger partial charge in [-0.15, -0.1) is 0 Å². The molecular weight excluding hydrogens is 756 g/mol. The van der Waals surface area contributed by atoms with Crippen LogP contribution in [0.1, 0.15) is 101 Å². The number of halogens is 1. The number of ether oxygens (including phenoxy) is 1. The highest BCUT2D eigenvalue weighted by Crippen LogP contribution is 2.63. The van der Waals surface area contributed by atoms with Crippen molar-refractivity contribution in [2.24, 2.45) is 24.9 Å². The molecule has 4 aromatic rings. The summed E-state index contributed by atoms with van der Waals surface area (Å²) in [6.45, 7) is 7.67. The molecule has 1 saturated heterocycles. The van der Waals surface area contributed by atoms with E-state index < -0.39 is 11.4 Å². The lowest BCUT2D eigenvalue weighted by atomic mass is 9.80. The molecule has 3 fully saturated rings. The maximum absolute atomic E-state index is 13.8. The van der Waals surface area contributed by atoms with Crippen molar-refractivity contribution in [3.05, 3.63) is 81.4 Å². The lowest BCUT2D eigenvalue weighted by Gasteiger charge is -2.36. The summed E-state index contributed by atoms with van der Waals surface area (Å²) in [5.74, 6) is -0.505. The number of hydrogen-bond donors (Lipinski definition) is 3. The maximum Gasteiger partial charge on any atom is 0.309 e. The highest BCUT2D eigenvalue weighted by Gasteiger charge is 2.57. The third-order valence-corrected chi connectivity index (χ3v) is 14.7. The fraction of sp³-hybridized carbons (Fsp3) is 0.523. The number of rotatable bonds is 10. The summed E-state index contributed by atoms with van der Waals surface area (Å²) < 4.78 is 9.40. The molecule has 2 bridgehead atoms. The highest BCUT2D eigenvalue weighted by molar-refractivity contribution is 6.36. The van der Waals surface area contributed by atoms with Gasteiger partial charge in [0.2, 0.25) is 0 Å². The number of anilines is 2. The van der Waals surface area contributed by atoms with Crippen LogP contribution in [0.5, 0.6) is 0 Å². The molecule has 2 aromatic heterocycles. The Morgan fingerprint density at radius 1 is 0.845 bits per heavy atom. The van der Waals surface area contributed by atoms with Crippen LogP contribution in [-0.2, 0) is 49.6 Å². The van der Waals surface area contributed by atoms with Gasteiger partial charge < -0.3 is 29.6 Å². The van der Waals surface area contributed by atoms with E-state index in [0.717, 1.165) is 143 Å². The number of fused-ring (bicyclic) bond motifs is 4. The van der Waals surface area contributed by atoms with Crippen molar-refractivity contribution < 1.29 is 24.2 Å². The Balaban J connectivity index is 0.863. The lowest BCUT2D eigenvalue weighted by molar-refractivity contribution is -0.148. The summed E-state index contributed by atoms with van der Waals surface area (Å²) in [7, 11) is 3.81. The quantitative estimate of drug-likeness (QED) is 0.161. The van der Waals surface area contributed by atoms with Gasteiger partial charge >= 0.3 is 5.97 Å². The van der Waals surface area contributed by atoms with E-state index in [0.29, 0.717) is 40.6 Å². The average Bonchev–Trinajstić information content (AvgIpc) is 3.99. The number of nitrogens with one attached hydrogen (secondary N) is 2. The first-order valence-corrected chi connectivity index (χ1v) is 21.2. The Bertz CT molecular complexity index is 2280. The molecule has 0 unspecified atom stereocenters. The number of carbonyl (C=O) groups excluding carboxylic acids is 2. The summed E-state index contributed by atoms with van der Waals surface area (Å²) in [6.07, 6.45) is 9.10. The van der Waals surface area contributed by atoms with E-state index in [-0.39, 0.29) is 17.2 Å². The number of benzene rings is 2. The molecule has 0 spiro atoms. The van der Waals surface area contributed by atoms with Crippen LogP contribution in [-0.4, -0.2) is 90.7 Å². The molecule has 2 aliphatic carbocycles. The van der Waals surface area contributed by atoms with Crippen LogP contribution < -0.4 is 10.6 Å². The van der Waals surface area contributed by atoms with Gasteiger partial charge in [0.1, 0.15) is 0 Å². The summed E-state index contributed by atoms with van der Waals surface area (Å²) in [5.41, 5.74) is 7.21. The molecule has 2 saturated carbocycles. The Morgan fingerprint density at radius 2 is 1.45 bits per heavy atom. The van der Waals surface area contributed by atoms with E-state index in [2.05, 4.69) is 20.4 Å². The first-order chi connectivity index (χ1) is 27.9. The zero-order valence-electron chi connectivity index (χ0n) is 33.7. The van der Waals surface area contributed by atoms with E-state index >= 15 is 0 Å².